The maximum atomic E-state index is 14.6. The molecular formula is C30H26N4O5. The lowest BCUT2D eigenvalue weighted by atomic mass is 9.57. The lowest BCUT2D eigenvalue weighted by molar-refractivity contribution is -0.384. The van der Waals surface area contributed by atoms with E-state index in [1.54, 1.807) is 12.1 Å². The van der Waals surface area contributed by atoms with Crippen LogP contribution in [0.3, 0.4) is 0 Å². The summed E-state index contributed by atoms with van der Waals surface area (Å²) in [7, 11) is 0. The Kier molecular flexibility index (Phi) is 4.91. The van der Waals surface area contributed by atoms with Crippen molar-refractivity contribution in [1.82, 2.24) is 4.90 Å². The number of nitrogens with zero attached hydrogens (tertiary/aromatic N) is 2. The lowest BCUT2D eigenvalue weighted by Gasteiger charge is -2.43. The van der Waals surface area contributed by atoms with Gasteiger partial charge in [0.25, 0.3) is 11.6 Å². The van der Waals surface area contributed by atoms with Crippen LogP contribution in [0, 0.1) is 16.0 Å². The number of carbonyl (C=O) groups excluding carboxylic acids is 3. The van der Waals surface area contributed by atoms with Crippen LogP contribution in [-0.4, -0.2) is 40.0 Å². The van der Waals surface area contributed by atoms with Crippen LogP contribution in [0.5, 0.6) is 0 Å². The summed E-state index contributed by atoms with van der Waals surface area (Å²) < 4.78 is 0. The van der Waals surface area contributed by atoms with E-state index in [2.05, 4.69) is 15.5 Å². The van der Waals surface area contributed by atoms with Gasteiger partial charge in [-0.15, -0.1) is 0 Å². The van der Waals surface area contributed by atoms with Crippen LogP contribution in [0.4, 0.5) is 17.1 Å². The van der Waals surface area contributed by atoms with E-state index in [1.807, 2.05) is 43.3 Å². The van der Waals surface area contributed by atoms with Gasteiger partial charge in [0.15, 0.2) is 5.78 Å². The molecule has 0 bridgehead atoms. The first-order valence-electron chi connectivity index (χ1n) is 13.3. The Morgan fingerprint density at radius 1 is 1.00 bits per heavy atom. The molecule has 2 fully saturated rings. The van der Waals surface area contributed by atoms with Crippen molar-refractivity contribution in [1.29, 1.82) is 0 Å². The van der Waals surface area contributed by atoms with E-state index < -0.39 is 33.7 Å². The number of non-ortho nitro benzene ring substituents is 1. The van der Waals surface area contributed by atoms with E-state index in [-0.39, 0.29) is 22.9 Å². The highest BCUT2D eigenvalue weighted by Crippen LogP contribution is 2.67. The Morgan fingerprint density at radius 3 is 2.56 bits per heavy atom. The van der Waals surface area contributed by atoms with Gasteiger partial charge in [0, 0.05) is 40.7 Å². The Morgan fingerprint density at radius 2 is 1.77 bits per heavy atom. The summed E-state index contributed by atoms with van der Waals surface area (Å²) in [6.45, 7) is 2.58. The second kappa shape index (κ2) is 8.07. The molecule has 2 amide bonds. The van der Waals surface area contributed by atoms with Crippen molar-refractivity contribution in [2.24, 2.45) is 5.92 Å². The van der Waals surface area contributed by atoms with Gasteiger partial charge in [0.1, 0.15) is 11.0 Å². The monoisotopic (exact) mass is 522 g/mol. The number of nitrogens with one attached hydrogen (secondary N) is 2. The van der Waals surface area contributed by atoms with Gasteiger partial charge < -0.3 is 10.6 Å². The molecule has 2 N–H and O–H groups in total. The van der Waals surface area contributed by atoms with Gasteiger partial charge in [-0.25, -0.2) is 0 Å². The topological polar surface area (TPSA) is 122 Å². The first kappa shape index (κ1) is 23.7. The van der Waals surface area contributed by atoms with Gasteiger partial charge in [-0.1, -0.05) is 49.4 Å². The number of fused-ring (bicyclic) bond motifs is 7. The van der Waals surface area contributed by atoms with Gasteiger partial charge in [0.2, 0.25) is 5.91 Å². The number of Topliss-reactive ketones (excluding diaryl/α,β-unsaturated/α-hetero) is 1. The highest BCUT2D eigenvalue weighted by molar-refractivity contribution is 6.21. The number of aryl methyl sites for hydroxylation is 1. The average Bonchev–Trinajstić information content (AvgIpc) is 3.66. The molecule has 9 heteroatoms. The van der Waals surface area contributed by atoms with E-state index in [1.165, 1.54) is 18.2 Å². The molecule has 196 valence electrons. The van der Waals surface area contributed by atoms with E-state index >= 15 is 0 Å². The molecular weight excluding hydrogens is 496 g/mol. The zero-order valence-electron chi connectivity index (χ0n) is 21.3. The summed E-state index contributed by atoms with van der Waals surface area (Å²) in [6, 6.07) is 18.4. The Balaban J connectivity index is 1.57. The molecule has 4 aliphatic rings. The van der Waals surface area contributed by atoms with Crippen LogP contribution in [0.1, 0.15) is 46.8 Å². The summed E-state index contributed by atoms with van der Waals surface area (Å²) >= 11 is 0. The number of anilines is 2. The van der Waals surface area contributed by atoms with Crippen molar-refractivity contribution >= 4 is 34.7 Å². The van der Waals surface area contributed by atoms with Crippen molar-refractivity contribution < 1.29 is 19.3 Å². The summed E-state index contributed by atoms with van der Waals surface area (Å²) in [5.41, 5.74) is 0.503. The number of benzene rings is 3. The van der Waals surface area contributed by atoms with E-state index in [9.17, 15) is 24.5 Å². The molecule has 4 heterocycles. The van der Waals surface area contributed by atoms with Crippen LogP contribution >= 0.6 is 0 Å². The van der Waals surface area contributed by atoms with E-state index in [0.717, 1.165) is 18.4 Å². The van der Waals surface area contributed by atoms with Crippen LogP contribution in [0.15, 0.2) is 66.7 Å². The largest absolute Gasteiger partial charge is 0.325 e. The fraction of sp³-hybridized carbons (Fsp3) is 0.300. The number of carbonyl (C=O) groups is 3. The number of hydrogen-bond donors (Lipinski definition) is 2. The van der Waals surface area contributed by atoms with Crippen LogP contribution in [0.2, 0.25) is 0 Å². The summed E-state index contributed by atoms with van der Waals surface area (Å²) in [5, 5.41) is 17.6. The molecule has 0 aliphatic carbocycles. The summed E-state index contributed by atoms with van der Waals surface area (Å²) in [4.78, 5) is 56.6. The fourth-order valence-corrected chi connectivity index (χ4v) is 7.80. The average molecular weight is 523 g/mol. The summed E-state index contributed by atoms with van der Waals surface area (Å²) in [6.07, 6.45) is 2.13. The molecule has 39 heavy (non-hydrogen) atoms. The molecule has 0 aromatic heterocycles. The predicted molar refractivity (Wildman–Crippen MR) is 144 cm³/mol. The maximum Gasteiger partial charge on any atom is 0.270 e. The molecule has 2 spiro atoms. The molecule has 2 saturated heterocycles. The highest BCUT2D eigenvalue weighted by atomic mass is 16.6. The lowest BCUT2D eigenvalue weighted by Crippen LogP contribution is -2.62. The normalized spacial score (nSPS) is 28.3. The van der Waals surface area contributed by atoms with Gasteiger partial charge in [-0.3, -0.25) is 29.4 Å². The standard InChI is InChI=1S/C30H26N4O5/c1-2-17-12-13-23-21(15-17)30(28(37)32-23)29(20-9-3-4-10-22(20)31-27(29)36)25(24-11-6-14-33(24)30)26(35)18-7-5-8-19(16-18)34(38)39/h3-5,7-10,12-13,15-16,24-25H,2,6,11,14H2,1H3,(H,31,36)(H,32,37)/t24-,25+,29+,30+/m1/s1. The number of rotatable bonds is 4. The Labute approximate surface area is 224 Å². The molecule has 3 aromatic rings. The van der Waals surface area contributed by atoms with Gasteiger partial charge in [-0.05, 0) is 49.1 Å². The molecule has 4 aliphatic heterocycles. The zero-order valence-corrected chi connectivity index (χ0v) is 21.3. The summed E-state index contributed by atoms with van der Waals surface area (Å²) in [5.74, 6) is -2.02. The molecule has 7 rings (SSSR count). The number of amides is 2. The predicted octanol–water partition coefficient (Wildman–Crippen LogP) is 4.17. The minimum Gasteiger partial charge on any atom is -0.325 e. The smallest absolute Gasteiger partial charge is 0.270 e. The third-order valence-corrected chi connectivity index (χ3v) is 9.19. The van der Waals surface area contributed by atoms with Gasteiger partial charge >= 0.3 is 0 Å². The number of hydrogen-bond acceptors (Lipinski definition) is 6. The van der Waals surface area contributed by atoms with Crippen molar-refractivity contribution in [2.75, 3.05) is 17.2 Å². The van der Waals surface area contributed by atoms with Crippen LogP contribution < -0.4 is 10.6 Å². The fourth-order valence-electron chi connectivity index (χ4n) is 7.80. The van der Waals surface area contributed by atoms with E-state index in [0.29, 0.717) is 35.5 Å². The van der Waals surface area contributed by atoms with Gasteiger partial charge in [-0.2, -0.15) is 0 Å². The second-order valence-corrected chi connectivity index (χ2v) is 10.8. The van der Waals surface area contributed by atoms with Gasteiger partial charge in [0.05, 0.1) is 10.8 Å². The Hall–Kier alpha value is -4.37. The third-order valence-electron chi connectivity index (χ3n) is 9.19. The van der Waals surface area contributed by atoms with Crippen molar-refractivity contribution in [3.05, 3.63) is 99.1 Å². The number of para-hydroxylation sites is 1. The van der Waals surface area contributed by atoms with Crippen molar-refractivity contribution in [3.8, 4) is 0 Å². The van der Waals surface area contributed by atoms with Crippen molar-refractivity contribution in [2.45, 2.75) is 43.2 Å². The maximum absolute atomic E-state index is 14.6. The third kappa shape index (κ3) is 2.75. The Bertz CT molecular complexity index is 1620. The number of nitro benzene ring substituents is 1. The molecule has 4 atom stereocenters. The zero-order chi connectivity index (χ0) is 27.1. The molecule has 0 radical (unpaired) electrons. The van der Waals surface area contributed by atoms with Crippen molar-refractivity contribution in [3.63, 3.8) is 0 Å². The minimum absolute atomic E-state index is 0.163. The number of nitro groups is 1. The first-order valence-corrected chi connectivity index (χ1v) is 13.3. The quantitative estimate of drug-likeness (QED) is 0.301. The molecule has 9 nitrogen and oxygen atoms in total. The van der Waals surface area contributed by atoms with E-state index in [4.69, 9.17) is 0 Å². The molecule has 0 unspecified atom stereocenters. The minimum atomic E-state index is -1.57. The first-order chi connectivity index (χ1) is 18.8. The van der Waals surface area contributed by atoms with Crippen LogP contribution in [-0.2, 0) is 27.0 Å². The number of ketones is 1. The molecule has 3 aromatic carbocycles. The SMILES string of the molecule is CCc1ccc2c(c1)[C@@]1(C(=O)N2)N2CCC[C@@H]2[C@@H](C(=O)c2cccc([N+](=O)[O-])c2)[C@@]12C(=O)Nc1ccccc12. The second-order valence-electron chi connectivity index (χ2n) is 10.8. The highest BCUT2D eigenvalue weighted by Gasteiger charge is 2.81. The molecule has 0 saturated carbocycles. The van der Waals surface area contributed by atoms with Crippen LogP contribution in [0.25, 0.3) is 0 Å².